The fourth-order valence-corrected chi connectivity index (χ4v) is 3.85. The summed E-state index contributed by atoms with van der Waals surface area (Å²) in [6.45, 7) is 1.61. The third kappa shape index (κ3) is 4.67. The number of amides is 1. The number of thioether (sulfide) groups is 1. The Morgan fingerprint density at radius 2 is 1.62 bits per heavy atom. The van der Waals surface area contributed by atoms with Crippen molar-refractivity contribution in [1.29, 1.82) is 0 Å². The molecule has 4 rings (SSSR count). The topological polar surface area (TPSA) is 59.8 Å². The van der Waals surface area contributed by atoms with Crippen LogP contribution < -0.4 is 5.32 Å². The maximum Gasteiger partial charge on any atom is 0.237 e. The molecule has 1 aromatic heterocycles. The number of rotatable bonds is 6. The number of hydrogen-bond acceptors (Lipinski definition) is 4. The molecule has 5 nitrogen and oxygen atoms in total. The minimum Gasteiger partial charge on any atom is -0.323 e. The van der Waals surface area contributed by atoms with Gasteiger partial charge < -0.3 is 5.32 Å². The Morgan fingerprint density at radius 3 is 2.34 bits per heavy atom. The summed E-state index contributed by atoms with van der Waals surface area (Å²) in [5, 5.41) is 10.5. The lowest BCUT2D eigenvalue weighted by Gasteiger charge is -2.14. The molecule has 3 aromatic carbocycles. The minimum absolute atomic E-state index is 0.243. The van der Waals surface area contributed by atoms with Crippen molar-refractivity contribution in [1.82, 2.24) is 14.8 Å². The molecule has 0 fully saturated rings. The van der Waals surface area contributed by atoms with Crippen molar-refractivity contribution in [3.63, 3.8) is 0 Å². The highest BCUT2D eigenvalue weighted by molar-refractivity contribution is 8.00. The average Bonchev–Trinajstić information content (AvgIpc) is 3.20. The molecule has 0 bridgehead atoms. The van der Waals surface area contributed by atoms with E-state index in [1.165, 1.54) is 12.1 Å². The third-order valence-corrected chi connectivity index (χ3v) is 5.63. The minimum atomic E-state index is -0.738. The van der Waals surface area contributed by atoms with E-state index in [2.05, 4.69) is 15.5 Å². The van der Waals surface area contributed by atoms with Gasteiger partial charge in [-0.3, -0.25) is 9.36 Å². The number of benzene rings is 3. The number of anilines is 1. The second kappa shape index (κ2) is 9.27. The predicted molar refractivity (Wildman–Crippen MR) is 117 cm³/mol. The summed E-state index contributed by atoms with van der Waals surface area (Å²) in [6.07, 6.45) is 0. The Hall–Kier alpha value is -3.59. The smallest absolute Gasteiger partial charge is 0.237 e. The Labute approximate surface area is 186 Å². The zero-order valence-corrected chi connectivity index (χ0v) is 17.6. The van der Waals surface area contributed by atoms with E-state index >= 15 is 0 Å². The summed E-state index contributed by atoms with van der Waals surface area (Å²) < 4.78 is 42.5. The van der Waals surface area contributed by atoms with Crippen molar-refractivity contribution in [2.45, 2.75) is 17.3 Å². The Balaban J connectivity index is 1.64. The van der Waals surface area contributed by atoms with Crippen LogP contribution in [0.2, 0.25) is 0 Å². The van der Waals surface area contributed by atoms with Gasteiger partial charge in [0, 0.05) is 17.3 Å². The van der Waals surface area contributed by atoms with Crippen LogP contribution in [0.1, 0.15) is 6.92 Å². The normalized spacial score (nSPS) is 11.9. The average molecular weight is 454 g/mol. The predicted octanol–water partition coefficient (Wildman–Crippen LogP) is 5.47. The fraction of sp³-hybridized carbons (Fsp3) is 0.0870. The SMILES string of the molecule is CC(Sc1nnc(-c2ccccc2)n1-c1ccc(F)cc1)C(=O)Nc1cc(F)ccc1F. The molecule has 0 spiro atoms. The highest BCUT2D eigenvalue weighted by Crippen LogP contribution is 2.30. The number of hydrogen-bond donors (Lipinski definition) is 1. The van der Waals surface area contributed by atoms with E-state index in [9.17, 15) is 18.0 Å². The van der Waals surface area contributed by atoms with Crippen LogP contribution in [0.4, 0.5) is 18.9 Å². The van der Waals surface area contributed by atoms with Gasteiger partial charge in [0.1, 0.15) is 17.5 Å². The molecule has 1 unspecified atom stereocenters. The summed E-state index contributed by atoms with van der Waals surface area (Å²) in [4.78, 5) is 12.6. The van der Waals surface area contributed by atoms with Gasteiger partial charge in [-0.2, -0.15) is 0 Å². The molecular formula is C23H17F3N4OS. The standard InChI is InChI=1S/C23H17F3N4OS/c1-14(22(31)27-20-13-17(25)9-12-19(20)26)32-23-29-28-21(15-5-3-2-4-6-15)30(23)18-10-7-16(24)8-11-18/h2-14H,1H3,(H,27,31). The Bertz CT molecular complexity index is 1250. The van der Waals surface area contributed by atoms with Gasteiger partial charge >= 0.3 is 0 Å². The molecule has 4 aromatic rings. The number of aromatic nitrogens is 3. The van der Waals surface area contributed by atoms with Crippen LogP contribution in [0.25, 0.3) is 17.1 Å². The first kappa shape index (κ1) is 21.6. The Morgan fingerprint density at radius 1 is 0.938 bits per heavy atom. The van der Waals surface area contributed by atoms with Crippen molar-refractivity contribution in [3.8, 4) is 17.1 Å². The molecule has 1 N–H and O–H groups in total. The first-order valence-corrected chi connectivity index (χ1v) is 10.5. The first-order chi connectivity index (χ1) is 15.4. The van der Waals surface area contributed by atoms with Gasteiger partial charge in [0.2, 0.25) is 5.91 Å². The van der Waals surface area contributed by atoms with Crippen molar-refractivity contribution >= 4 is 23.4 Å². The summed E-state index contributed by atoms with van der Waals surface area (Å²) >= 11 is 1.09. The number of nitrogens with zero attached hydrogens (tertiary/aromatic N) is 3. The third-order valence-electron chi connectivity index (χ3n) is 4.59. The first-order valence-electron chi connectivity index (χ1n) is 9.62. The van der Waals surface area contributed by atoms with Crippen molar-refractivity contribution in [2.24, 2.45) is 0 Å². The fourth-order valence-electron chi connectivity index (χ4n) is 2.98. The van der Waals surface area contributed by atoms with E-state index in [1.807, 2.05) is 30.3 Å². The molecule has 1 atom stereocenters. The second-order valence-electron chi connectivity index (χ2n) is 6.86. The molecule has 0 aliphatic carbocycles. The van der Waals surface area contributed by atoms with Gasteiger partial charge in [0.25, 0.3) is 0 Å². The number of carbonyl (C=O) groups excluding carboxylic acids is 1. The maximum atomic E-state index is 13.9. The summed E-state index contributed by atoms with van der Waals surface area (Å²) in [5.74, 6) is -1.80. The van der Waals surface area contributed by atoms with Crippen molar-refractivity contribution in [2.75, 3.05) is 5.32 Å². The molecule has 0 aliphatic heterocycles. The molecule has 9 heteroatoms. The lowest BCUT2D eigenvalue weighted by atomic mass is 10.2. The van der Waals surface area contributed by atoms with E-state index in [0.29, 0.717) is 16.7 Å². The molecule has 1 heterocycles. The Kier molecular flexibility index (Phi) is 6.27. The van der Waals surface area contributed by atoms with Crippen LogP contribution in [0.3, 0.4) is 0 Å². The molecule has 162 valence electrons. The van der Waals surface area contributed by atoms with Crippen molar-refractivity contribution < 1.29 is 18.0 Å². The van der Waals surface area contributed by atoms with Crippen molar-refractivity contribution in [3.05, 3.63) is 90.2 Å². The largest absolute Gasteiger partial charge is 0.323 e. The van der Waals surface area contributed by atoms with E-state index in [1.54, 1.807) is 23.6 Å². The molecule has 0 aliphatic rings. The molecule has 0 saturated carbocycles. The van der Waals surface area contributed by atoms with Gasteiger partial charge in [-0.1, -0.05) is 42.1 Å². The molecule has 1 amide bonds. The quantitative estimate of drug-likeness (QED) is 0.393. The van der Waals surface area contributed by atoms with Crippen LogP contribution >= 0.6 is 11.8 Å². The van der Waals surface area contributed by atoms with Gasteiger partial charge in [-0.15, -0.1) is 10.2 Å². The molecule has 32 heavy (non-hydrogen) atoms. The molecular weight excluding hydrogens is 437 g/mol. The zero-order chi connectivity index (χ0) is 22.7. The van der Waals surface area contributed by atoms with Crippen LogP contribution in [0.5, 0.6) is 0 Å². The monoisotopic (exact) mass is 454 g/mol. The van der Waals surface area contributed by atoms with E-state index < -0.39 is 22.8 Å². The number of halogens is 3. The lowest BCUT2D eigenvalue weighted by molar-refractivity contribution is -0.115. The highest BCUT2D eigenvalue weighted by atomic mass is 32.2. The van der Waals surface area contributed by atoms with Crippen LogP contribution in [-0.2, 0) is 4.79 Å². The van der Waals surface area contributed by atoms with Gasteiger partial charge in [-0.05, 0) is 43.3 Å². The van der Waals surface area contributed by atoms with Gasteiger partial charge in [-0.25, -0.2) is 13.2 Å². The van der Waals surface area contributed by atoms with E-state index in [-0.39, 0.29) is 11.5 Å². The zero-order valence-electron chi connectivity index (χ0n) is 16.8. The molecule has 0 saturated heterocycles. The molecule has 0 radical (unpaired) electrons. The lowest BCUT2D eigenvalue weighted by Crippen LogP contribution is -2.23. The second-order valence-corrected chi connectivity index (χ2v) is 8.17. The number of carbonyl (C=O) groups is 1. The van der Waals surface area contributed by atoms with Crippen LogP contribution in [-0.4, -0.2) is 25.9 Å². The summed E-state index contributed by atoms with van der Waals surface area (Å²) in [5.41, 5.74) is 1.16. The van der Waals surface area contributed by atoms with Gasteiger partial charge in [0.15, 0.2) is 11.0 Å². The van der Waals surface area contributed by atoms with Crippen LogP contribution in [0, 0.1) is 17.5 Å². The van der Waals surface area contributed by atoms with Crippen LogP contribution in [0.15, 0.2) is 78.0 Å². The number of nitrogens with one attached hydrogen (secondary N) is 1. The summed E-state index contributed by atoms with van der Waals surface area (Å²) in [6, 6.07) is 18.0. The van der Waals surface area contributed by atoms with E-state index in [4.69, 9.17) is 0 Å². The summed E-state index contributed by atoms with van der Waals surface area (Å²) in [7, 11) is 0. The maximum absolute atomic E-state index is 13.9. The van der Waals surface area contributed by atoms with E-state index in [0.717, 1.165) is 35.5 Å². The van der Waals surface area contributed by atoms with Gasteiger partial charge in [0.05, 0.1) is 10.9 Å². The highest BCUT2D eigenvalue weighted by Gasteiger charge is 2.22.